The van der Waals surface area contributed by atoms with Crippen molar-refractivity contribution in [1.82, 2.24) is 0 Å². The molecule has 0 radical (unpaired) electrons. The van der Waals surface area contributed by atoms with Crippen LogP contribution in [0.2, 0.25) is 5.02 Å². The summed E-state index contributed by atoms with van der Waals surface area (Å²) in [5.41, 5.74) is 0. The van der Waals surface area contributed by atoms with E-state index < -0.39 is 0 Å². The Labute approximate surface area is 139 Å². The van der Waals surface area contributed by atoms with Crippen molar-refractivity contribution in [2.24, 2.45) is 0 Å². The zero-order chi connectivity index (χ0) is 12.4. The minimum absolute atomic E-state index is 0. The first-order valence-electron chi connectivity index (χ1n) is 5.36. The molecular weight excluding hydrogens is 369 g/mol. The zero-order valence-corrected chi connectivity index (χ0v) is 16.6. The summed E-state index contributed by atoms with van der Waals surface area (Å²) in [5, 5.41) is 0.512. The monoisotopic (exact) mass is 386 g/mol. The molecule has 0 saturated carbocycles. The first-order valence-corrected chi connectivity index (χ1v) is 5.74. The van der Waals surface area contributed by atoms with E-state index in [1.54, 1.807) is 26.4 Å². The van der Waals surface area contributed by atoms with Crippen molar-refractivity contribution in [3.05, 3.63) is 30.1 Å². The molecule has 0 spiro atoms. The fourth-order valence-corrected chi connectivity index (χ4v) is 1.34. The summed E-state index contributed by atoms with van der Waals surface area (Å²) in [5.74, 6) is 1.26. The van der Waals surface area contributed by atoms with Crippen molar-refractivity contribution in [1.29, 1.82) is 0 Å². The minimum Gasteiger partial charge on any atom is -1.00 e. The van der Waals surface area contributed by atoms with Crippen LogP contribution < -0.4 is 26.5 Å². The average molecular weight is 389 g/mol. The van der Waals surface area contributed by atoms with E-state index in [1.807, 2.05) is 6.07 Å². The van der Waals surface area contributed by atoms with Gasteiger partial charge in [0, 0.05) is 0 Å². The van der Waals surface area contributed by atoms with Crippen molar-refractivity contribution in [3.63, 3.8) is 0 Å². The molecule has 0 bridgehead atoms. The van der Waals surface area contributed by atoms with Gasteiger partial charge in [-0.2, -0.15) is 6.42 Å². The third-order valence-corrected chi connectivity index (χ3v) is 2.34. The summed E-state index contributed by atoms with van der Waals surface area (Å²) in [6, 6.07) is 5.39. The van der Waals surface area contributed by atoms with Crippen LogP contribution in [0, 0.1) is 6.92 Å². The quantitative estimate of drug-likeness (QED) is 0.573. The number of benzene rings is 1. The van der Waals surface area contributed by atoms with E-state index in [0.717, 1.165) is 6.42 Å². The van der Waals surface area contributed by atoms with Crippen LogP contribution in [-0.2, 0) is 19.5 Å². The number of hydrogen-bond donors (Lipinski definition) is 0. The fourth-order valence-electron chi connectivity index (χ4n) is 1.06. The summed E-state index contributed by atoms with van der Waals surface area (Å²) in [4.78, 5) is 0. The second kappa shape index (κ2) is 15.3. The first kappa shape index (κ1) is 23.3. The molecule has 0 amide bonds. The number of ether oxygens (including phenoxy) is 2. The van der Waals surface area contributed by atoms with Gasteiger partial charge in [0.25, 0.3) is 0 Å². The second-order valence-corrected chi connectivity index (χ2v) is 3.56. The van der Waals surface area contributed by atoms with Crippen molar-refractivity contribution in [3.8, 4) is 11.5 Å². The van der Waals surface area contributed by atoms with E-state index in [9.17, 15) is 0 Å². The van der Waals surface area contributed by atoms with E-state index in [2.05, 4.69) is 13.8 Å². The molecule has 0 atom stereocenters. The van der Waals surface area contributed by atoms with Gasteiger partial charge in [-0.05, 0) is 12.1 Å². The molecule has 0 unspecified atom stereocenters. The Hall–Kier alpha value is 0.213. The van der Waals surface area contributed by atoms with Crippen LogP contribution in [0.25, 0.3) is 0 Å². The van der Waals surface area contributed by atoms with Gasteiger partial charge < -0.3 is 33.4 Å². The maximum atomic E-state index is 5.86. The summed E-state index contributed by atoms with van der Waals surface area (Å²) in [7, 11) is 3.14. The fraction of sp³-hybridized carbons (Fsp3) is 0.462. The van der Waals surface area contributed by atoms with E-state index in [-0.39, 0.29) is 36.5 Å². The third-order valence-electron chi connectivity index (χ3n) is 1.97. The third kappa shape index (κ3) is 9.18. The molecule has 0 fully saturated rings. The van der Waals surface area contributed by atoms with Crippen LogP contribution in [0.4, 0.5) is 0 Å². The van der Waals surface area contributed by atoms with Crippen LogP contribution >= 0.6 is 11.6 Å². The smallest absolute Gasteiger partial charge is 1.00 e. The van der Waals surface area contributed by atoms with Gasteiger partial charge in [0.15, 0.2) is 0 Å². The Kier molecular flexibility index (Phi) is 19.8. The van der Waals surface area contributed by atoms with Gasteiger partial charge in [0.2, 0.25) is 0 Å². The normalized spacial score (nSPS) is 8.06. The SMILES string of the molecule is COc1cccc(OC)c1Cl.[Br-].[CH2-]CCCC.[Zn+2]. The van der Waals surface area contributed by atoms with Crippen molar-refractivity contribution >= 4 is 11.6 Å². The molecule has 0 heterocycles. The van der Waals surface area contributed by atoms with Gasteiger partial charge >= 0.3 is 19.5 Å². The molecule has 0 aliphatic heterocycles. The number of methoxy groups -OCH3 is 2. The molecule has 0 aromatic heterocycles. The van der Waals surface area contributed by atoms with Crippen LogP contribution in [0.5, 0.6) is 11.5 Å². The number of hydrogen-bond acceptors (Lipinski definition) is 2. The molecule has 2 nitrogen and oxygen atoms in total. The van der Waals surface area contributed by atoms with Gasteiger partial charge in [-0.15, -0.1) is 0 Å². The predicted octanol–water partition coefficient (Wildman–Crippen LogP) is 1.37. The molecule has 0 N–H and O–H groups in total. The van der Waals surface area contributed by atoms with E-state index in [4.69, 9.17) is 21.1 Å². The van der Waals surface area contributed by atoms with Gasteiger partial charge in [-0.25, -0.2) is 0 Å². The Bertz CT molecular complexity index is 274. The predicted molar refractivity (Wildman–Crippen MR) is 69.4 cm³/mol. The molecular formula is C13H20BrClO2Zn. The molecule has 100 valence electrons. The van der Waals surface area contributed by atoms with E-state index in [0.29, 0.717) is 16.5 Å². The Morgan fingerprint density at radius 1 is 1.17 bits per heavy atom. The molecule has 1 aromatic carbocycles. The standard InChI is InChI=1S/C8H9ClO2.C5H11.BrH.Zn/c1-10-6-4-3-5-7(11-2)8(6)9;1-3-5-4-2;;/h3-5H,1-2H3;1,3-5H2,2H3;1H;/q;-1;;+2/p-1. The molecule has 18 heavy (non-hydrogen) atoms. The summed E-state index contributed by atoms with van der Waals surface area (Å²) >= 11 is 5.86. The van der Waals surface area contributed by atoms with Crippen LogP contribution in [0.1, 0.15) is 26.2 Å². The van der Waals surface area contributed by atoms with E-state index in [1.165, 1.54) is 12.8 Å². The largest absolute Gasteiger partial charge is 2.00 e. The zero-order valence-electron chi connectivity index (χ0n) is 11.3. The summed E-state index contributed by atoms with van der Waals surface area (Å²) in [6.07, 6.45) is 3.65. The topological polar surface area (TPSA) is 18.5 Å². The van der Waals surface area contributed by atoms with Gasteiger partial charge in [-0.1, -0.05) is 37.4 Å². The minimum atomic E-state index is 0. The molecule has 0 saturated heterocycles. The summed E-state index contributed by atoms with van der Waals surface area (Å²) < 4.78 is 9.95. The molecule has 0 aliphatic carbocycles. The van der Waals surface area contributed by atoms with Crippen molar-refractivity contribution < 1.29 is 45.9 Å². The number of unbranched alkanes of at least 4 members (excludes halogenated alkanes) is 2. The number of halogens is 2. The van der Waals surface area contributed by atoms with Gasteiger partial charge in [-0.3, -0.25) is 0 Å². The Morgan fingerprint density at radius 3 is 1.83 bits per heavy atom. The molecule has 1 rings (SSSR count). The molecule has 0 aliphatic rings. The van der Waals surface area contributed by atoms with Crippen LogP contribution in [0.15, 0.2) is 18.2 Å². The van der Waals surface area contributed by atoms with E-state index >= 15 is 0 Å². The Morgan fingerprint density at radius 2 is 1.61 bits per heavy atom. The van der Waals surface area contributed by atoms with Crippen molar-refractivity contribution in [2.75, 3.05) is 14.2 Å². The van der Waals surface area contributed by atoms with Crippen molar-refractivity contribution in [2.45, 2.75) is 26.2 Å². The molecule has 5 heteroatoms. The summed E-state index contributed by atoms with van der Waals surface area (Å²) in [6.45, 7) is 5.85. The molecule has 1 aromatic rings. The van der Waals surface area contributed by atoms with Gasteiger partial charge in [0.05, 0.1) is 14.2 Å². The average Bonchev–Trinajstić information content (AvgIpc) is 2.31. The van der Waals surface area contributed by atoms with Crippen LogP contribution in [-0.4, -0.2) is 14.2 Å². The number of rotatable bonds is 4. The van der Waals surface area contributed by atoms with Crippen LogP contribution in [0.3, 0.4) is 0 Å². The Balaban J connectivity index is -0.000000282. The maximum Gasteiger partial charge on any atom is 2.00 e. The maximum absolute atomic E-state index is 5.86. The van der Waals surface area contributed by atoms with Gasteiger partial charge in [0.1, 0.15) is 16.5 Å². The second-order valence-electron chi connectivity index (χ2n) is 3.18. The first-order chi connectivity index (χ1) is 7.71.